The first-order valence-corrected chi connectivity index (χ1v) is 7.47. The van der Waals surface area contributed by atoms with Crippen molar-refractivity contribution in [3.63, 3.8) is 0 Å². The third-order valence-electron chi connectivity index (χ3n) is 3.86. The van der Waals surface area contributed by atoms with Gasteiger partial charge in [-0.25, -0.2) is 0 Å². The number of aldehydes is 1. The van der Waals surface area contributed by atoms with E-state index in [4.69, 9.17) is 4.74 Å². The van der Waals surface area contributed by atoms with E-state index in [9.17, 15) is 4.79 Å². The van der Waals surface area contributed by atoms with Crippen molar-refractivity contribution in [3.8, 4) is 5.75 Å². The lowest BCUT2D eigenvalue weighted by Crippen LogP contribution is -2.19. The fourth-order valence-electron chi connectivity index (χ4n) is 2.76. The Bertz CT molecular complexity index is 699. The lowest BCUT2D eigenvalue weighted by molar-refractivity contribution is -0.104. The van der Waals surface area contributed by atoms with Crippen LogP contribution in [0.15, 0.2) is 66.7 Å². The Balaban J connectivity index is 1.78. The molecule has 0 aliphatic carbocycles. The smallest absolute Gasteiger partial charge is 0.143 e. The fraction of sp³-hybridized carbons (Fsp3) is 0.150. The molecule has 0 saturated heterocycles. The van der Waals surface area contributed by atoms with E-state index >= 15 is 0 Å². The van der Waals surface area contributed by atoms with Gasteiger partial charge in [-0.05, 0) is 29.7 Å². The first kappa shape index (κ1) is 14.3. The summed E-state index contributed by atoms with van der Waals surface area (Å²) in [7, 11) is 0. The molecule has 0 bridgehead atoms. The summed E-state index contributed by atoms with van der Waals surface area (Å²) in [5, 5.41) is 0. The maximum atomic E-state index is 11.0. The molecule has 3 rings (SSSR count). The van der Waals surface area contributed by atoms with Crippen LogP contribution < -0.4 is 4.74 Å². The Morgan fingerprint density at radius 3 is 2.64 bits per heavy atom. The molecule has 0 spiro atoms. The van der Waals surface area contributed by atoms with Crippen LogP contribution in [0.2, 0.25) is 0 Å². The summed E-state index contributed by atoms with van der Waals surface area (Å²) < 4.78 is 5.82. The molecule has 0 fully saturated rings. The highest BCUT2D eigenvalue weighted by molar-refractivity contribution is 5.85. The minimum absolute atomic E-state index is 0.208. The topological polar surface area (TPSA) is 26.3 Å². The molecule has 2 heteroatoms. The summed E-state index contributed by atoms with van der Waals surface area (Å²) in [4.78, 5) is 11.0. The highest BCUT2D eigenvalue weighted by atomic mass is 16.5. The number of fused-ring (bicyclic) bond motifs is 1. The second kappa shape index (κ2) is 6.90. The van der Waals surface area contributed by atoms with E-state index in [1.165, 1.54) is 5.56 Å². The third kappa shape index (κ3) is 3.17. The van der Waals surface area contributed by atoms with Crippen LogP contribution in [-0.4, -0.2) is 12.9 Å². The average molecular weight is 290 g/mol. The van der Waals surface area contributed by atoms with Crippen LogP contribution in [0.3, 0.4) is 0 Å². The molecule has 2 aromatic carbocycles. The summed E-state index contributed by atoms with van der Waals surface area (Å²) in [6.07, 6.45) is 7.64. The van der Waals surface area contributed by atoms with Crippen molar-refractivity contribution in [3.05, 3.63) is 77.9 Å². The predicted molar refractivity (Wildman–Crippen MR) is 89.6 cm³/mol. The van der Waals surface area contributed by atoms with Crippen LogP contribution in [0.1, 0.15) is 17.5 Å². The Labute approximate surface area is 130 Å². The molecule has 1 unspecified atom stereocenters. The van der Waals surface area contributed by atoms with E-state index in [2.05, 4.69) is 24.3 Å². The van der Waals surface area contributed by atoms with Gasteiger partial charge in [-0.3, -0.25) is 4.79 Å². The number of hydrogen-bond donors (Lipinski definition) is 0. The maximum Gasteiger partial charge on any atom is 0.143 e. The van der Waals surface area contributed by atoms with E-state index in [1.807, 2.05) is 42.5 Å². The fourth-order valence-corrected chi connectivity index (χ4v) is 2.76. The minimum atomic E-state index is 0.208. The van der Waals surface area contributed by atoms with Crippen molar-refractivity contribution in [1.29, 1.82) is 0 Å². The molecule has 1 heterocycles. The summed E-state index contributed by atoms with van der Waals surface area (Å²) in [6.45, 7) is 0.607. The minimum Gasteiger partial charge on any atom is -0.492 e. The molecular formula is C20H18O2. The number of allylic oxidation sites excluding steroid dienone is 2. The summed E-state index contributed by atoms with van der Waals surface area (Å²) in [6, 6.07) is 18.1. The van der Waals surface area contributed by atoms with Crippen LogP contribution >= 0.6 is 0 Å². The summed E-state index contributed by atoms with van der Waals surface area (Å²) in [5.41, 5.74) is 3.27. The maximum absolute atomic E-state index is 11.0. The first-order valence-electron chi connectivity index (χ1n) is 7.47. The van der Waals surface area contributed by atoms with Crippen LogP contribution in [-0.2, 0) is 4.79 Å². The SMILES string of the molecule is O=C/C=C1/c2ccccc2OCC1C/C=C/c1ccccc1. The van der Waals surface area contributed by atoms with Gasteiger partial charge in [0.15, 0.2) is 0 Å². The molecule has 0 N–H and O–H groups in total. The molecule has 2 nitrogen and oxygen atoms in total. The monoisotopic (exact) mass is 290 g/mol. The summed E-state index contributed by atoms with van der Waals surface area (Å²) in [5.74, 6) is 1.07. The van der Waals surface area contributed by atoms with Crippen LogP contribution in [0.4, 0.5) is 0 Å². The van der Waals surface area contributed by atoms with E-state index < -0.39 is 0 Å². The summed E-state index contributed by atoms with van der Waals surface area (Å²) >= 11 is 0. The predicted octanol–water partition coefficient (Wildman–Crippen LogP) is 4.38. The number of carbonyl (C=O) groups is 1. The van der Waals surface area contributed by atoms with Gasteiger partial charge < -0.3 is 4.74 Å². The zero-order valence-electron chi connectivity index (χ0n) is 12.3. The second-order valence-electron chi connectivity index (χ2n) is 5.31. The second-order valence-corrected chi connectivity index (χ2v) is 5.31. The number of hydrogen-bond acceptors (Lipinski definition) is 2. The van der Waals surface area contributed by atoms with Gasteiger partial charge in [0.05, 0.1) is 6.61 Å². The Morgan fingerprint density at radius 1 is 1.05 bits per heavy atom. The lowest BCUT2D eigenvalue weighted by Gasteiger charge is -2.27. The Morgan fingerprint density at radius 2 is 1.82 bits per heavy atom. The highest BCUT2D eigenvalue weighted by Gasteiger charge is 2.23. The first-order chi connectivity index (χ1) is 10.9. The number of ether oxygens (including phenoxy) is 1. The zero-order chi connectivity index (χ0) is 15.2. The van der Waals surface area contributed by atoms with E-state index in [-0.39, 0.29) is 5.92 Å². The van der Waals surface area contributed by atoms with Crippen molar-refractivity contribution < 1.29 is 9.53 Å². The number of benzene rings is 2. The molecular weight excluding hydrogens is 272 g/mol. The van der Waals surface area contributed by atoms with Gasteiger partial charge in [-0.15, -0.1) is 0 Å². The van der Waals surface area contributed by atoms with Crippen molar-refractivity contribution in [2.75, 3.05) is 6.61 Å². The normalized spacial score (nSPS) is 18.9. The molecule has 0 amide bonds. The molecule has 0 saturated carbocycles. The van der Waals surface area contributed by atoms with Gasteiger partial charge in [0.2, 0.25) is 0 Å². The van der Waals surface area contributed by atoms with Crippen LogP contribution in [0.5, 0.6) is 5.75 Å². The molecule has 1 atom stereocenters. The van der Waals surface area contributed by atoms with E-state index in [1.54, 1.807) is 6.08 Å². The Hall–Kier alpha value is -2.61. The third-order valence-corrected chi connectivity index (χ3v) is 3.86. The van der Waals surface area contributed by atoms with Gasteiger partial charge >= 0.3 is 0 Å². The highest BCUT2D eigenvalue weighted by Crippen LogP contribution is 2.37. The molecule has 0 radical (unpaired) electrons. The van der Waals surface area contributed by atoms with Gasteiger partial charge in [0, 0.05) is 11.5 Å². The van der Waals surface area contributed by atoms with Gasteiger partial charge in [-0.1, -0.05) is 60.7 Å². The molecule has 1 aliphatic heterocycles. The van der Waals surface area contributed by atoms with Crippen molar-refractivity contribution >= 4 is 17.9 Å². The molecule has 0 aromatic heterocycles. The van der Waals surface area contributed by atoms with Crippen molar-refractivity contribution in [1.82, 2.24) is 0 Å². The average Bonchev–Trinajstić information content (AvgIpc) is 2.58. The van der Waals surface area contributed by atoms with Crippen molar-refractivity contribution in [2.45, 2.75) is 6.42 Å². The van der Waals surface area contributed by atoms with E-state index in [0.717, 1.165) is 29.6 Å². The van der Waals surface area contributed by atoms with Crippen molar-refractivity contribution in [2.24, 2.45) is 5.92 Å². The largest absolute Gasteiger partial charge is 0.492 e. The Kier molecular flexibility index (Phi) is 4.50. The zero-order valence-corrected chi connectivity index (χ0v) is 12.3. The van der Waals surface area contributed by atoms with Crippen LogP contribution in [0, 0.1) is 5.92 Å². The van der Waals surface area contributed by atoms with Gasteiger partial charge in [0.1, 0.15) is 12.0 Å². The number of para-hydroxylation sites is 1. The van der Waals surface area contributed by atoms with Gasteiger partial charge in [0.25, 0.3) is 0 Å². The molecule has 1 aliphatic rings. The standard InChI is InChI=1S/C20H18O2/c21-14-13-18-17(10-6-9-16-7-2-1-3-8-16)15-22-20-12-5-4-11-19(18)20/h1-9,11-14,17H,10,15H2/b9-6+,18-13+. The molecule has 22 heavy (non-hydrogen) atoms. The molecule has 2 aromatic rings. The molecule has 110 valence electrons. The van der Waals surface area contributed by atoms with Gasteiger partial charge in [-0.2, -0.15) is 0 Å². The lowest BCUT2D eigenvalue weighted by atomic mass is 9.87. The quantitative estimate of drug-likeness (QED) is 0.617. The van der Waals surface area contributed by atoms with E-state index in [0.29, 0.717) is 6.61 Å². The number of carbonyl (C=O) groups excluding carboxylic acids is 1. The number of rotatable bonds is 4. The van der Waals surface area contributed by atoms with Crippen LogP contribution in [0.25, 0.3) is 11.6 Å².